The number of amides is 1. The van der Waals surface area contributed by atoms with Crippen molar-refractivity contribution in [3.05, 3.63) is 71.1 Å². The van der Waals surface area contributed by atoms with Gasteiger partial charge < -0.3 is 19.2 Å². The monoisotopic (exact) mass is 413 g/mol. The molecular formula is C21H20ClN3O4. The Morgan fingerprint density at radius 3 is 2.69 bits per heavy atom. The predicted octanol–water partition coefficient (Wildman–Crippen LogP) is 3.26. The number of hydrogen-bond donors (Lipinski definition) is 1. The van der Waals surface area contributed by atoms with Gasteiger partial charge in [0.1, 0.15) is 24.0 Å². The summed E-state index contributed by atoms with van der Waals surface area (Å²) in [6.45, 7) is 1.56. The Hall–Kier alpha value is -3.32. The number of fused-ring (bicyclic) bond motifs is 1. The lowest BCUT2D eigenvalue weighted by molar-refractivity contribution is -0.148. The summed E-state index contributed by atoms with van der Waals surface area (Å²) in [5, 5.41) is 3.16. The van der Waals surface area contributed by atoms with Crippen LogP contribution in [0.2, 0.25) is 5.02 Å². The summed E-state index contributed by atoms with van der Waals surface area (Å²) < 4.78 is 12.1. The standard InChI is InChI=1S/C21H20ClN3O4/c1-14(23-20(26)10-5-15-3-7-18(28-2)8-4-15)21(27)29-13-17-12-25-11-16(22)6-9-19(25)24-17/h3-12,14H,13H2,1-2H3,(H,23,26). The Morgan fingerprint density at radius 2 is 1.97 bits per heavy atom. The van der Waals surface area contributed by atoms with Crippen molar-refractivity contribution in [2.75, 3.05) is 7.11 Å². The number of hydrogen-bond acceptors (Lipinski definition) is 5. The second kappa shape index (κ2) is 9.25. The number of ether oxygens (including phenoxy) is 2. The van der Waals surface area contributed by atoms with Crippen LogP contribution in [0.3, 0.4) is 0 Å². The van der Waals surface area contributed by atoms with Gasteiger partial charge >= 0.3 is 5.97 Å². The van der Waals surface area contributed by atoms with Gasteiger partial charge in [0, 0.05) is 18.5 Å². The fourth-order valence-electron chi connectivity index (χ4n) is 2.56. The van der Waals surface area contributed by atoms with Gasteiger partial charge in [-0.1, -0.05) is 23.7 Å². The van der Waals surface area contributed by atoms with E-state index in [4.69, 9.17) is 21.1 Å². The third-order valence-corrected chi connectivity index (χ3v) is 4.31. The van der Waals surface area contributed by atoms with E-state index in [1.807, 2.05) is 12.1 Å². The molecule has 7 nitrogen and oxygen atoms in total. The number of imidazole rings is 1. The second-order valence-corrected chi connectivity index (χ2v) is 6.73. The largest absolute Gasteiger partial charge is 0.497 e. The lowest BCUT2D eigenvalue weighted by Gasteiger charge is -2.11. The lowest BCUT2D eigenvalue weighted by atomic mass is 10.2. The molecule has 1 amide bonds. The van der Waals surface area contributed by atoms with Gasteiger partial charge in [-0.05, 0) is 42.8 Å². The van der Waals surface area contributed by atoms with Crippen LogP contribution >= 0.6 is 11.6 Å². The van der Waals surface area contributed by atoms with Crippen molar-refractivity contribution in [1.82, 2.24) is 14.7 Å². The van der Waals surface area contributed by atoms with Crippen molar-refractivity contribution in [2.24, 2.45) is 0 Å². The number of esters is 1. The van der Waals surface area contributed by atoms with Crippen LogP contribution in [0.4, 0.5) is 0 Å². The minimum Gasteiger partial charge on any atom is -0.497 e. The van der Waals surface area contributed by atoms with Crippen LogP contribution in [0.1, 0.15) is 18.2 Å². The summed E-state index contributed by atoms with van der Waals surface area (Å²) in [7, 11) is 1.59. The molecule has 2 aromatic heterocycles. The highest BCUT2D eigenvalue weighted by Gasteiger charge is 2.16. The van der Waals surface area contributed by atoms with Crippen LogP contribution in [0.25, 0.3) is 11.7 Å². The summed E-state index contributed by atoms with van der Waals surface area (Å²) in [5.74, 6) is -0.212. The minimum absolute atomic E-state index is 0.0000302. The second-order valence-electron chi connectivity index (χ2n) is 6.29. The van der Waals surface area contributed by atoms with Crippen molar-refractivity contribution in [3.8, 4) is 5.75 Å². The van der Waals surface area contributed by atoms with Crippen molar-refractivity contribution >= 4 is 35.2 Å². The van der Waals surface area contributed by atoms with Gasteiger partial charge in [-0.2, -0.15) is 0 Å². The molecule has 8 heteroatoms. The van der Waals surface area contributed by atoms with Crippen LogP contribution in [0.5, 0.6) is 5.75 Å². The molecule has 0 aliphatic carbocycles. The molecule has 0 aliphatic heterocycles. The van der Waals surface area contributed by atoms with Gasteiger partial charge in [0.05, 0.1) is 17.8 Å². The molecule has 0 saturated heterocycles. The number of carbonyl (C=O) groups is 2. The smallest absolute Gasteiger partial charge is 0.328 e. The molecule has 0 saturated carbocycles. The first-order valence-electron chi connectivity index (χ1n) is 8.87. The topological polar surface area (TPSA) is 81.9 Å². The molecule has 0 spiro atoms. The maximum Gasteiger partial charge on any atom is 0.328 e. The fraction of sp³-hybridized carbons (Fsp3) is 0.190. The van der Waals surface area contributed by atoms with Crippen molar-refractivity contribution < 1.29 is 19.1 Å². The third-order valence-electron chi connectivity index (χ3n) is 4.08. The maximum atomic E-state index is 12.1. The number of halogens is 1. The normalized spacial score (nSPS) is 12.1. The van der Waals surface area contributed by atoms with Gasteiger partial charge in [-0.3, -0.25) is 4.79 Å². The number of nitrogens with one attached hydrogen (secondary N) is 1. The molecule has 0 radical (unpaired) electrons. The van der Waals surface area contributed by atoms with Crippen molar-refractivity contribution in [3.63, 3.8) is 0 Å². The quantitative estimate of drug-likeness (QED) is 0.475. The van der Waals surface area contributed by atoms with Gasteiger partial charge in [-0.15, -0.1) is 0 Å². The number of nitrogens with zero attached hydrogens (tertiary/aromatic N) is 2. The molecule has 1 aromatic carbocycles. The highest BCUT2D eigenvalue weighted by Crippen LogP contribution is 2.13. The summed E-state index contributed by atoms with van der Waals surface area (Å²) in [5.41, 5.74) is 2.12. The Kier molecular flexibility index (Phi) is 6.51. The van der Waals surface area contributed by atoms with Crippen LogP contribution in [0.15, 0.2) is 54.9 Å². The zero-order valence-electron chi connectivity index (χ0n) is 16.0. The molecule has 1 unspecified atom stereocenters. The molecule has 3 rings (SSSR count). The first-order chi connectivity index (χ1) is 13.9. The molecule has 0 fully saturated rings. The van der Waals surface area contributed by atoms with Crippen LogP contribution in [0, 0.1) is 0 Å². The van der Waals surface area contributed by atoms with E-state index in [9.17, 15) is 9.59 Å². The van der Waals surface area contributed by atoms with Crippen molar-refractivity contribution in [1.29, 1.82) is 0 Å². The summed E-state index contributed by atoms with van der Waals surface area (Å²) in [6, 6.07) is 9.94. The van der Waals surface area contributed by atoms with E-state index in [0.29, 0.717) is 16.4 Å². The Morgan fingerprint density at radius 1 is 1.21 bits per heavy atom. The maximum absolute atomic E-state index is 12.1. The van der Waals surface area contributed by atoms with E-state index in [2.05, 4.69) is 10.3 Å². The molecule has 2 heterocycles. The summed E-state index contributed by atoms with van der Waals surface area (Å²) in [6.07, 6.45) is 6.45. The van der Waals surface area contributed by atoms with E-state index in [1.165, 1.54) is 6.08 Å². The highest BCUT2D eigenvalue weighted by molar-refractivity contribution is 6.30. The first kappa shape index (κ1) is 20.4. The predicted molar refractivity (Wildman–Crippen MR) is 110 cm³/mol. The lowest BCUT2D eigenvalue weighted by Crippen LogP contribution is -2.38. The minimum atomic E-state index is -0.797. The van der Waals surface area contributed by atoms with Gasteiger partial charge in [0.25, 0.3) is 0 Å². The molecule has 29 heavy (non-hydrogen) atoms. The Balaban J connectivity index is 1.49. The molecule has 0 bridgehead atoms. The molecule has 1 atom stereocenters. The van der Waals surface area contributed by atoms with Crippen LogP contribution in [-0.2, 0) is 20.9 Å². The first-order valence-corrected chi connectivity index (χ1v) is 9.25. The number of aromatic nitrogens is 2. The van der Waals surface area contributed by atoms with E-state index >= 15 is 0 Å². The van der Waals surface area contributed by atoms with E-state index in [-0.39, 0.29) is 6.61 Å². The van der Waals surface area contributed by atoms with Crippen LogP contribution in [-0.4, -0.2) is 34.4 Å². The summed E-state index contributed by atoms with van der Waals surface area (Å²) >= 11 is 5.94. The summed E-state index contributed by atoms with van der Waals surface area (Å²) in [4.78, 5) is 28.5. The number of pyridine rings is 1. The van der Waals surface area contributed by atoms with Gasteiger partial charge in [0.2, 0.25) is 5.91 Å². The van der Waals surface area contributed by atoms with Crippen LogP contribution < -0.4 is 10.1 Å². The number of benzene rings is 1. The molecule has 150 valence electrons. The fourth-order valence-corrected chi connectivity index (χ4v) is 2.73. The zero-order chi connectivity index (χ0) is 20.8. The van der Waals surface area contributed by atoms with E-state index in [1.54, 1.807) is 61.2 Å². The average Bonchev–Trinajstić information content (AvgIpc) is 3.12. The van der Waals surface area contributed by atoms with E-state index < -0.39 is 17.9 Å². The number of rotatable bonds is 7. The molecular weight excluding hydrogens is 394 g/mol. The van der Waals surface area contributed by atoms with Gasteiger partial charge in [0.15, 0.2) is 0 Å². The Bertz CT molecular complexity index is 1040. The molecule has 1 N–H and O–H groups in total. The van der Waals surface area contributed by atoms with E-state index in [0.717, 1.165) is 11.3 Å². The average molecular weight is 414 g/mol. The van der Waals surface area contributed by atoms with Crippen molar-refractivity contribution in [2.45, 2.75) is 19.6 Å². The Labute approximate surface area is 172 Å². The van der Waals surface area contributed by atoms with Gasteiger partial charge in [-0.25, -0.2) is 9.78 Å². The SMILES string of the molecule is COc1ccc(C=CC(=O)NC(C)C(=O)OCc2cn3cc(Cl)ccc3n2)cc1. The number of methoxy groups -OCH3 is 1. The number of carbonyl (C=O) groups excluding carboxylic acids is 2. The highest BCUT2D eigenvalue weighted by atomic mass is 35.5. The third kappa shape index (κ3) is 5.58. The zero-order valence-corrected chi connectivity index (χ0v) is 16.7. The molecule has 3 aromatic rings. The molecule has 0 aliphatic rings.